The number of nitriles is 1. The summed E-state index contributed by atoms with van der Waals surface area (Å²) in [6.07, 6.45) is 0. The van der Waals surface area contributed by atoms with Crippen LogP contribution < -0.4 is 5.73 Å². The van der Waals surface area contributed by atoms with Gasteiger partial charge in [0.1, 0.15) is 6.07 Å². The number of benzene rings is 1. The lowest BCUT2D eigenvalue weighted by atomic mass is 10.1. The summed E-state index contributed by atoms with van der Waals surface area (Å²) in [6, 6.07) is 10.5. The Labute approximate surface area is 87.6 Å². The Balaban J connectivity index is 3.20. The molecule has 0 bridgehead atoms. The number of carbonyl (C=O) groups excluding carboxylic acids is 1. The van der Waals surface area contributed by atoms with E-state index in [-0.39, 0.29) is 11.3 Å². The number of nitrogens with zero attached hydrogens (tertiary/aromatic N) is 1. The van der Waals surface area contributed by atoms with E-state index in [0.29, 0.717) is 5.56 Å². The predicted octanol–water partition coefficient (Wildman–Crippen LogP) is 1.05. The van der Waals surface area contributed by atoms with Gasteiger partial charge in [0.25, 0.3) is 0 Å². The lowest BCUT2D eigenvalue weighted by Gasteiger charge is -2.03. The molecule has 0 aliphatic heterocycles. The number of nitrogens with two attached hydrogens (primary N) is 1. The molecular weight excluding hydrogens is 192 g/mol. The van der Waals surface area contributed by atoms with Crippen LogP contribution in [0.1, 0.15) is 5.56 Å². The molecule has 0 aliphatic carbocycles. The van der Waals surface area contributed by atoms with Gasteiger partial charge in [0, 0.05) is 0 Å². The van der Waals surface area contributed by atoms with Crippen molar-refractivity contribution in [1.82, 2.24) is 0 Å². The first-order chi connectivity index (χ1) is 7.20. The number of hydrogen-bond donors (Lipinski definition) is 1. The van der Waals surface area contributed by atoms with Gasteiger partial charge in [0.05, 0.1) is 12.8 Å². The van der Waals surface area contributed by atoms with E-state index >= 15 is 0 Å². The van der Waals surface area contributed by atoms with E-state index in [1.807, 2.05) is 6.07 Å². The molecule has 0 unspecified atom stereocenters. The van der Waals surface area contributed by atoms with Crippen LogP contribution in [0.25, 0.3) is 5.70 Å². The van der Waals surface area contributed by atoms with E-state index in [9.17, 15) is 4.79 Å². The van der Waals surface area contributed by atoms with Gasteiger partial charge >= 0.3 is 5.97 Å². The minimum Gasteiger partial charge on any atom is -0.465 e. The molecule has 0 aliphatic rings. The van der Waals surface area contributed by atoms with Gasteiger partial charge in [0.2, 0.25) is 0 Å². The predicted molar refractivity (Wildman–Crippen MR) is 55.2 cm³/mol. The van der Waals surface area contributed by atoms with Crippen molar-refractivity contribution in [3.63, 3.8) is 0 Å². The zero-order valence-electron chi connectivity index (χ0n) is 8.23. The van der Waals surface area contributed by atoms with Gasteiger partial charge in [-0.25, -0.2) is 4.79 Å². The Kier molecular flexibility index (Phi) is 3.47. The maximum absolute atomic E-state index is 11.2. The van der Waals surface area contributed by atoms with Crippen molar-refractivity contribution < 1.29 is 9.53 Å². The van der Waals surface area contributed by atoms with Gasteiger partial charge in [-0.15, -0.1) is 0 Å². The number of methoxy groups -OCH3 is 1. The molecule has 15 heavy (non-hydrogen) atoms. The number of esters is 1. The molecule has 76 valence electrons. The quantitative estimate of drug-likeness (QED) is 0.442. The van der Waals surface area contributed by atoms with Gasteiger partial charge in [0.15, 0.2) is 5.57 Å². The smallest absolute Gasteiger partial charge is 0.350 e. The molecule has 0 fully saturated rings. The van der Waals surface area contributed by atoms with E-state index in [4.69, 9.17) is 11.0 Å². The van der Waals surface area contributed by atoms with Crippen molar-refractivity contribution in [2.45, 2.75) is 0 Å². The summed E-state index contributed by atoms with van der Waals surface area (Å²) in [7, 11) is 1.21. The van der Waals surface area contributed by atoms with Crippen LogP contribution in [0.2, 0.25) is 0 Å². The average molecular weight is 202 g/mol. The Hall–Kier alpha value is -2.28. The summed E-state index contributed by atoms with van der Waals surface area (Å²) in [5.74, 6) is -0.723. The van der Waals surface area contributed by atoms with Gasteiger partial charge in [-0.1, -0.05) is 30.3 Å². The maximum atomic E-state index is 11.2. The summed E-state index contributed by atoms with van der Waals surface area (Å²) in [5.41, 5.74) is 6.26. The number of rotatable bonds is 2. The second kappa shape index (κ2) is 4.82. The van der Waals surface area contributed by atoms with Gasteiger partial charge in [-0.3, -0.25) is 0 Å². The summed E-state index contributed by atoms with van der Waals surface area (Å²) in [5, 5.41) is 8.77. The van der Waals surface area contributed by atoms with Crippen LogP contribution in [0.15, 0.2) is 35.9 Å². The minimum atomic E-state index is -0.723. The van der Waals surface area contributed by atoms with Crippen molar-refractivity contribution in [3.05, 3.63) is 41.5 Å². The van der Waals surface area contributed by atoms with Crippen LogP contribution in [0.3, 0.4) is 0 Å². The molecule has 1 rings (SSSR count). The van der Waals surface area contributed by atoms with Gasteiger partial charge in [-0.2, -0.15) is 5.26 Å². The third-order valence-corrected chi connectivity index (χ3v) is 1.86. The zero-order valence-corrected chi connectivity index (χ0v) is 8.23. The van der Waals surface area contributed by atoms with Crippen LogP contribution in [-0.4, -0.2) is 13.1 Å². The fraction of sp³-hybridized carbons (Fsp3) is 0.0909. The first kappa shape index (κ1) is 10.8. The third kappa shape index (κ3) is 2.35. The van der Waals surface area contributed by atoms with Crippen LogP contribution in [0.4, 0.5) is 0 Å². The highest BCUT2D eigenvalue weighted by atomic mass is 16.5. The maximum Gasteiger partial charge on any atom is 0.350 e. The number of ether oxygens (including phenoxy) is 1. The second-order valence-corrected chi connectivity index (χ2v) is 2.76. The second-order valence-electron chi connectivity index (χ2n) is 2.76. The van der Waals surface area contributed by atoms with E-state index in [1.165, 1.54) is 7.11 Å². The lowest BCUT2D eigenvalue weighted by molar-refractivity contribution is -0.135. The summed E-state index contributed by atoms with van der Waals surface area (Å²) < 4.78 is 4.45. The van der Waals surface area contributed by atoms with Crippen LogP contribution in [0.5, 0.6) is 0 Å². The van der Waals surface area contributed by atoms with E-state index in [0.717, 1.165) is 0 Å². The fourth-order valence-corrected chi connectivity index (χ4v) is 1.08. The molecule has 2 N–H and O–H groups in total. The normalized spacial score (nSPS) is 11.2. The molecule has 0 saturated heterocycles. The molecule has 1 aromatic rings. The standard InChI is InChI=1S/C11H10N2O2/c1-15-11(14)9(7-12)10(13)8-5-3-2-4-6-8/h2-6H,13H2,1H3. The van der Waals surface area contributed by atoms with Crippen LogP contribution >= 0.6 is 0 Å². The van der Waals surface area contributed by atoms with Crippen LogP contribution in [-0.2, 0) is 9.53 Å². The molecule has 0 saturated carbocycles. The molecule has 0 atom stereocenters. The van der Waals surface area contributed by atoms with Crippen molar-refractivity contribution >= 4 is 11.7 Å². The van der Waals surface area contributed by atoms with Gasteiger partial charge in [-0.05, 0) is 5.56 Å². The van der Waals surface area contributed by atoms with Crippen molar-refractivity contribution in [1.29, 1.82) is 5.26 Å². The van der Waals surface area contributed by atoms with Gasteiger partial charge < -0.3 is 10.5 Å². The summed E-state index contributed by atoms with van der Waals surface area (Å²) in [4.78, 5) is 11.2. The van der Waals surface area contributed by atoms with E-state index in [1.54, 1.807) is 30.3 Å². The first-order valence-corrected chi connectivity index (χ1v) is 4.24. The largest absolute Gasteiger partial charge is 0.465 e. The van der Waals surface area contributed by atoms with Crippen LogP contribution in [0, 0.1) is 11.3 Å². The Morgan fingerprint density at radius 1 is 1.40 bits per heavy atom. The SMILES string of the molecule is COC(=O)C(C#N)=C(N)c1ccccc1. The first-order valence-electron chi connectivity index (χ1n) is 4.24. The lowest BCUT2D eigenvalue weighted by Crippen LogP contribution is -2.10. The molecule has 0 aromatic heterocycles. The highest BCUT2D eigenvalue weighted by molar-refractivity contribution is 6.00. The Bertz CT molecular complexity index is 430. The fourth-order valence-electron chi connectivity index (χ4n) is 1.08. The van der Waals surface area contributed by atoms with E-state index in [2.05, 4.69) is 4.74 Å². The minimum absolute atomic E-state index is 0.130. The summed E-state index contributed by atoms with van der Waals surface area (Å²) >= 11 is 0. The molecule has 4 nitrogen and oxygen atoms in total. The molecule has 4 heteroatoms. The zero-order chi connectivity index (χ0) is 11.3. The molecule has 0 spiro atoms. The monoisotopic (exact) mass is 202 g/mol. The van der Waals surface area contributed by atoms with Crippen molar-refractivity contribution in [2.24, 2.45) is 5.73 Å². The highest BCUT2D eigenvalue weighted by Crippen LogP contribution is 2.13. The molecule has 0 heterocycles. The topological polar surface area (TPSA) is 76.1 Å². The third-order valence-electron chi connectivity index (χ3n) is 1.86. The van der Waals surface area contributed by atoms with Crippen molar-refractivity contribution in [2.75, 3.05) is 7.11 Å². The van der Waals surface area contributed by atoms with Crippen molar-refractivity contribution in [3.8, 4) is 6.07 Å². The van der Waals surface area contributed by atoms with E-state index < -0.39 is 5.97 Å². The molecular formula is C11H10N2O2. The molecule has 1 aromatic carbocycles. The molecule has 0 radical (unpaired) electrons. The summed E-state index contributed by atoms with van der Waals surface area (Å²) in [6.45, 7) is 0. The Morgan fingerprint density at radius 3 is 2.47 bits per heavy atom. The Morgan fingerprint density at radius 2 is 2.00 bits per heavy atom. The number of hydrogen-bond acceptors (Lipinski definition) is 4. The average Bonchev–Trinajstić information content (AvgIpc) is 2.30. The highest BCUT2D eigenvalue weighted by Gasteiger charge is 2.14. The number of carbonyl (C=O) groups is 1. The molecule has 0 amide bonds.